The maximum atomic E-state index is 14.4. The molecule has 1 aliphatic carbocycles. The van der Waals surface area contributed by atoms with Crippen LogP contribution in [0.1, 0.15) is 57.1 Å². The van der Waals surface area contributed by atoms with Crippen molar-refractivity contribution in [3.8, 4) is 0 Å². The van der Waals surface area contributed by atoms with Gasteiger partial charge in [-0.2, -0.15) is 0 Å². The minimum atomic E-state index is -0.620. The molecule has 1 aliphatic heterocycles. The number of rotatable bonds is 3. The Hall–Kier alpha value is -1.09. The number of benzene rings is 1. The Kier molecular flexibility index (Phi) is 3.97. The van der Waals surface area contributed by atoms with Crippen LogP contribution in [0.4, 0.5) is 10.1 Å². The summed E-state index contributed by atoms with van der Waals surface area (Å²) in [5.41, 5.74) is 1.38. The molecule has 3 heteroatoms. The van der Waals surface area contributed by atoms with Crippen LogP contribution in [0.3, 0.4) is 0 Å². The molecule has 0 spiro atoms. The average Bonchev–Trinajstić information content (AvgIpc) is 3.08. The second kappa shape index (κ2) is 5.72. The number of para-hydroxylation sites is 1. The minimum Gasteiger partial charge on any atom is -0.389 e. The minimum absolute atomic E-state index is 0.187. The van der Waals surface area contributed by atoms with Gasteiger partial charge in [0, 0.05) is 18.2 Å². The number of aliphatic hydroxyl groups is 1. The lowest BCUT2D eigenvalue weighted by Gasteiger charge is -2.33. The van der Waals surface area contributed by atoms with Crippen molar-refractivity contribution in [3.05, 3.63) is 29.6 Å². The molecule has 0 bridgehead atoms. The van der Waals surface area contributed by atoms with E-state index >= 15 is 0 Å². The van der Waals surface area contributed by atoms with Gasteiger partial charge in [0.2, 0.25) is 0 Å². The molecule has 1 aromatic rings. The van der Waals surface area contributed by atoms with E-state index in [1.165, 1.54) is 31.7 Å². The van der Waals surface area contributed by atoms with Gasteiger partial charge in [-0.15, -0.1) is 0 Å². The second-order valence-corrected chi connectivity index (χ2v) is 6.30. The van der Waals surface area contributed by atoms with Crippen LogP contribution >= 0.6 is 0 Å². The van der Waals surface area contributed by atoms with Crippen molar-refractivity contribution in [1.82, 2.24) is 0 Å². The molecule has 3 rings (SSSR count). The molecule has 1 heterocycles. The lowest BCUT2D eigenvalue weighted by atomic mass is 9.95. The van der Waals surface area contributed by atoms with Crippen LogP contribution in [0.5, 0.6) is 0 Å². The number of hydrogen-bond donors (Lipinski definition) is 1. The van der Waals surface area contributed by atoms with E-state index < -0.39 is 6.10 Å². The Balaban J connectivity index is 1.94. The predicted octanol–water partition coefficient (Wildman–Crippen LogP) is 4.04. The SMILES string of the molecule is C[C@@H](O)c1cccc(F)c1N1CCCC1C1CCCC1. The van der Waals surface area contributed by atoms with Gasteiger partial charge in [0.05, 0.1) is 11.8 Å². The van der Waals surface area contributed by atoms with E-state index in [4.69, 9.17) is 0 Å². The van der Waals surface area contributed by atoms with E-state index in [1.54, 1.807) is 13.0 Å². The number of hydrogen-bond acceptors (Lipinski definition) is 2. The van der Waals surface area contributed by atoms with Crippen LogP contribution < -0.4 is 4.90 Å². The summed E-state index contributed by atoms with van der Waals surface area (Å²) in [6, 6.07) is 5.53. The monoisotopic (exact) mass is 277 g/mol. The quantitative estimate of drug-likeness (QED) is 0.901. The summed E-state index contributed by atoms with van der Waals surface area (Å²) < 4.78 is 14.4. The summed E-state index contributed by atoms with van der Waals surface area (Å²) in [4.78, 5) is 2.24. The Labute approximate surface area is 120 Å². The van der Waals surface area contributed by atoms with E-state index in [0.717, 1.165) is 24.9 Å². The third-order valence-electron chi connectivity index (χ3n) is 5.00. The maximum Gasteiger partial charge on any atom is 0.146 e. The highest BCUT2D eigenvalue weighted by molar-refractivity contribution is 5.57. The lowest BCUT2D eigenvalue weighted by molar-refractivity contribution is 0.199. The van der Waals surface area contributed by atoms with Gasteiger partial charge in [-0.3, -0.25) is 0 Å². The molecule has 1 N–H and O–H groups in total. The average molecular weight is 277 g/mol. The van der Waals surface area contributed by atoms with E-state index in [1.807, 2.05) is 6.07 Å². The van der Waals surface area contributed by atoms with Crippen LogP contribution in [0.25, 0.3) is 0 Å². The molecule has 0 radical (unpaired) electrons. The Morgan fingerprint density at radius 3 is 2.65 bits per heavy atom. The fraction of sp³-hybridized carbons (Fsp3) is 0.647. The van der Waals surface area contributed by atoms with Crippen molar-refractivity contribution in [2.45, 2.75) is 57.6 Å². The summed E-state index contributed by atoms with van der Waals surface area (Å²) in [5, 5.41) is 9.95. The first-order chi connectivity index (χ1) is 9.68. The fourth-order valence-corrected chi connectivity index (χ4v) is 4.07. The normalized spacial score (nSPS) is 25.4. The molecule has 2 nitrogen and oxygen atoms in total. The van der Waals surface area contributed by atoms with Gasteiger partial charge in [0.1, 0.15) is 5.82 Å². The van der Waals surface area contributed by atoms with Gasteiger partial charge in [0.15, 0.2) is 0 Å². The predicted molar refractivity (Wildman–Crippen MR) is 79.4 cm³/mol. The number of aliphatic hydroxyl groups excluding tert-OH is 1. The summed E-state index contributed by atoms with van der Waals surface area (Å²) in [6.45, 7) is 2.64. The van der Waals surface area contributed by atoms with Crippen molar-refractivity contribution in [2.24, 2.45) is 5.92 Å². The number of halogens is 1. The van der Waals surface area contributed by atoms with Gasteiger partial charge in [-0.05, 0) is 44.6 Å². The van der Waals surface area contributed by atoms with Gasteiger partial charge in [-0.25, -0.2) is 4.39 Å². The van der Waals surface area contributed by atoms with E-state index in [2.05, 4.69) is 4.90 Å². The Bertz CT molecular complexity index is 468. The number of anilines is 1. The molecular weight excluding hydrogens is 253 g/mol. The van der Waals surface area contributed by atoms with Gasteiger partial charge in [0.25, 0.3) is 0 Å². The van der Waals surface area contributed by atoms with Crippen molar-refractivity contribution in [3.63, 3.8) is 0 Å². The van der Waals surface area contributed by atoms with Crippen LogP contribution in [-0.2, 0) is 0 Å². The van der Waals surface area contributed by atoms with Crippen molar-refractivity contribution in [2.75, 3.05) is 11.4 Å². The fourth-order valence-electron chi connectivity index (χ4n) is 4.07. The summed E-state index contributed by atoms with van der Waals surface area (Å²) in [5.74, 6) is 0.521. The first kappa shape index (κ1) is 13.9. The molecule has 2 aliphatic rings. The molecule has 2 atom stereocenters. The molecule has 110 valence electrons. The molecule has 2 fully saturated rings. The zero-order valence-corrected chi connectivity index (χ0v) is 12.2. The van der Waals surface area contributed by atoms with Gasteiger partial charge >= 0.3 is 0 Å². The highest BCUT2D eigenvalue weighted by Crippen LogP contribution is 2.40. The summed E-state index contributed by atoms with van der Waals surface area (Å²) >= 11 is 0. The third kappa shape index (κ3) is 2.44. The van der Waals surface area contributed by atoms with Gasteiger partial charge in [-0.1, -0.05) is 25.0 Å². The molecule has 1 aromatic carbocycles. The van der Waals surface area contributed by atoms with Crippen molar-refractivity contribution < 1.29 is 9.50 Å². The molecule has 20 heavy (non-hydrogen) atoms. The second-order valence-electron chi connectivity index (χ2n) is 6.30. The summed E-state index contributed by atoms with van der Waals surface area (Å²) in [6.07, 6.45) is 6.86. The first-order valence-electron chi connectivity index (χ1n) is 7.91. The topological polar surface area (TPSA) is 23.5 Å². The number of nitrogens with zero attached hydrogens (tertiary/aromatic N) is 1. The Morgan fingerprint density at radius 2 is 1.95 bits per heavy atom. The smallest absolute Gasteiger partial charge is 0.146 e. The van der Waals surface area contributed by atoms with E-state index in [0.29, 0.717) is 17.6 Å². The lowest BCUT2D eigenvalue weighted by Crippen LogP contribution is -2.36. The largest absolute Gasteiger partial charge is 0.389 e. The molecule has 1 saturated carbocycles. The molecule has 0 aromatic heterocycles. The molecule has 1 unspecified atom stereocenters. The van der Waals surface area contributed by atoms with Crippen LogP contribution in [0.15, 0.2) is 18.2 Å². The summed E-state index contributed by atoms with van der Waals surface area (Å²) in [7, 11) is 0. The zero-order valence-electron chi connectivity index (χ0n) is 12.2. The van der Waals surface area contributed by atoms with Gasteiger partial charge < -0.3 is 10.0 Å². The van der Waals surface area contributed by atoms with Crippen molar-refractivity contribution >= 4 is 5.69 Å². The molecule has 0 amide bonds. The first-order valence-corrected chi connectivity index (χ1v) is 7.91. The van der Waals surface area contributed by atoms with E-state index in [-0.39, 0.29) is 5.82 Å². The van der Waals surface area contributed by atoms with Crippen molar-refractivity contribution in [1.29, 1.82) is 0 Å². The molecule has 1 saturated heterocycles. The van der Waals surface area contributed by atoms with Crippen LogP contribution in [-0.4, -0.2) is 17.7 Å². The standard InChI is InChI=1S/C17H24FNO/c1-12(20)14-8-4-9-15(18)17(14)19-11-5-10-16(19)13-6-2-3-7-13/h4,8-9,12-13,16,20H,2-3,5-7,10-11H2,1H3/t12-,16?/m1/s1. The highest BCUT2D eigenvalue weighted by Gasteiger charge is 2.35. The highest BCUT2D eigenvalue weighted by atomic mass is 19.1. The maximum absolute atomic E-state index is 14.4. The van der Waals surface area contributed by atoms with Crippen LogP contribution in [0.2, 0.25) is 0 Å². The zero-order chi connectivity index (χ0) is 14.1. The Morgan fingerprint density at radius 1 is 1.20 bits per heavy atom. The molecular formula is C17H24FNO. The third-order valence-corrected chi connectivity index (χ3v) is 5.00. The van der Waals surface area contributed by atoms with Crippen LogP contribution in [0, 0.1) is 11.7 Å². The van der Waals surface area contributed by atoms with E-state index in [9.17, 15) is 9.50 Å².